The van der Waals surface area contributed by atoms with Gasteiger partial charge in [-0.15, -0.1) is 0 Å². The molecule has 140 valence electrons. The molecule has 0 aliphatic rings. The summed E-state index contributed by atoms with van der Waals surface area (Å²) in [7, 11) is 0. The standard InChI is InChI=1S/C20H21ClF2O3/c1-13(2)25-18(24)19(3,4)26-17-10-8-14(9-11-17)20(22,23)15-6-5-7-16(21)12-15/h5-13H,1-4H3. The zero-order valence-electron chi connectivity index (χ0n) is 15.1. The predicted molar refractivity (Wildman–Crippen MR) is 96.8 cm³/mol. The molecule has 0 fully saturated rings. The molecule has 0 amide bonds. The number of hydrogen-bond acceptors (Lipinski definition) is 3. The fourth-order valence-corrected chi connectivity index (χ4v) is 2.47. The molecule has 0 spiro atoms. The van der Waals surface area contributed by atoms with E-state index < -0.39 is 17.5 Å². The summed E-state index contributed by atoms with van der Waals surface area (Å²) in [6, 6.07) is 10.9. The molecule has 2 aromatic carbocycles. The summed E-state index contributed by atoms with van der Waals surface area (Å²) in [6.45, 7) is 6.60. The van der Waals surface area contributed by atoms with Crippen LogP contribution < -0.4 is 4.74 Å². The lowest BCUT2D eigenvalue weighted by Crippen LogP contribution is -2.40. The zero-order chi connectivity index (χ0) is 19.5. The van der Waals surface area contributed by atoms with Gasteiger partial charge in [-0.25, -0.2) is 4.79 Å². The highest BCUT2D eigenvalue weighted by Crippen LogP contribution is 2.37. The molecule has 0 atom stereocenters. The molecule has 0 unspecified atom stereocenters. The lowest BCUT2D eigenvalue weighted by atomic mass is 10.0. The molecule has 0 N–H and O–H groups in total. The van der Waals surface area contributed by atoms with Crippen LogP contribution in [0.5, 0.6) is 5.75 Å². The molecular formula is C20H21ClF2O3. The molecule has 6 heteroatoms. The van der Waals surface area contributed by atoms with Crippen molar-refractivity contribution in [2.24, 2.45) is 0 Å². The Morgan fingerprint density at radius 2 is 1.65 bits per heavy atom. The van der Waals surface area contributed by atoms with Gasteiger partial charge in [0.05, 0.1) is 6.10 Å². The fourth-order valence-electron chi connectivity index (χ4n) is 2.28. The highest BCUT2D eigenvalue weighted by Gasteiger charge is 2.35. The Bertz CT molecular complexity index is 771. The van der Waals surface area contributed by atoms with E-state index in [9.17, 15) is 13.6 Å². The second-order valence-corrected chi connectivity index (χ2v) is 7.11. The van der Waals surface area contributed by atoms with E-state index in [0.717, 1.165) is 0 Å². The third-order valence-corrected chi connectivity index (χ3v) is 3.85. The minimum Gasteiger partial charge on any atom is -0.476 e. The Labute approximate surface area is 156 Å². The maximum atomic E-state index is 14.6. The minimum atomic E-state index is -3.20. The van der Waals surface area contributed by atoms with Crippen LogP contribution in [0.1, 0.15) is 38.8 Å². The molecule has 0 saturated heterocycles. The van der Waals surface area contributed by atoms with E-state index in [2.05, 4.69) is 0 Å². The Morgan fingerprint density at radius 1 is 1.04 bits per heavy atom. The average Bonchev–Trinajstić information content (AvgIpc) is 2.54. The van der Waals surface area contributed by atoms with Gasteiger partial charge in [-0.2, -0.15) is 8.78 Å². The van der Waals surface area contributed by atoms with E-state index in [1.54, 1.807) is 27.7 Å². The number of hydrogen-bond donors (Lipinski definition) is 0. The summed E-state index contributed by atoms with van der Waals surface area (Å²) in [4.78, 5) is 12.0. The first-order chi connectivity index (χ1) is 12.0. The number of esters is 1. The SMILES string of the molecule is CC(C)OC(=O)C(C)(C)Oc1ccc(C(F)(F)c2cccc(Cl)c2)cc1. The van der Waals surface area contributed by atoms with Crippen LogP contribution in [0, 0.1) is 0 Å². The highest BCUT2D eigenvalue weighted by atomic mass is 35.5. The van der Waals surface area contributed by atoms with Crippen molar-refractivity contribution in [3.05, 3.63) is 64.7 Å². The van der Waals surface area contributed by atoms with Crippen LogP contribution in [0.4, 0.5) is 8.78 Å². The number of ether oxygens (including phenoxy) is 2. The van der Waals surface area contributed by atoms with Gasteiger partial charge in [-0.3, -0.25) is 0 Å². The van der Waals surface area contributed by atoms with Crippen LogP contribution in [0.3, 0.4) is 0 Å². The summed E-state index contributed by atoms with van der Waals surface area (Å²) >= 11 is 5.80. The van der Waals surface area contributed by atoms with Crippen LogP contribution in [-0.2, 0) is 15.5 Å². The number of benzene rings is 2. The lowest BCUT2D eigenvalue weighted by molar-refractivity contribution is -0.163. The largest absolute Gasteiger partial charge is 0.476 e. The lowest BCUT2D eigenvalue weighted by Gasteiger charge is -2.26. The van der Waals surface area contributed by atoms with E-state index in [0.29, 0.717) is 5.75 Å². The van der Waals surface area contributed by atoms with Crippen molar-refractivity contribution in [3.8, 4) is 5.75 Å². The Kier molecular flexibility index (Phi) is 5.91. The molecule has 0 saturated carbocycles. The van der Waals surface area contributed by atoms with Crippen molar-refractivity contribution in [2.75, 3.05) is 0 Å². The molecule has 0 bridgehead atoms. The Hall–Kier alpha value is -2.14. The predicted octanol–water partition coefficient (Wildman–Crippen LogP) is 5.59. The van der Waals surface area contributed by atoms with E-state index in [-0.39, 0.29) is 22.3 Å². The molecular weight excluding hydrogens is 362 g/mol. The average molecular weight is 383 g/mol. The van der Waals surface area contributed by atoms with Crippen LogP contribution in [0.25, 0.3) is 0 Å². The third-order valence-electron chi connectivity index (χ3n) is 3.61. The molecule has 3 nitrogen and oxygen atoms in total. The molecule has 0 aliphatic heterocycles. The summed E-state index contributed by atoms with van der Waals surface area (Å²) < 4.78 is 40.0. The van der Waals surface area contributed by atoms with Gasteiger partial charge in [0.25, 0.3) is 5.92 Å². The molecule has 0 aliphatic carbocycles. The van der Waals surface area contributed by atoms with Crippen molar-refractivity contribution in [3.63, 3.8) is 0 Å². The van der Waals surface area contributed by atoms with Gasteiger partial charge in [-0.1, -0.05) is 23.7 Å². The number of alkyl halides is 2. The van der Waals surface area contributed by atoms with Gasteiger partial charge in [-0.05, 0) is 64.1 Å². The fraction of sp³-hybridized carbons (Fsp3) is 0.350. The second kappa shape index (κ2) is 7.62. The van der Waals surface area contributed by atoms with E-state index in [1.807, 2.05) is 0 Å². The summed E-state index contributed by atoms with van der Waals surface area (Å²) in [6.07, 6.45) is -0.274. The normalized spacial score (nSPS) is 12.2. The number of carbonyl (C=O) groups excluding carboxylic acids is 1. The number of halogens is 3. The summed E-state index contributed by atoms with van der Waals surface area (Å²) in [5, 5.41) is 0.243. The van der Waals surface area contributed by atoms with Crippen LogP contribution >= 0.6 is 11.6 Å². The Balaban J connectivity index is 2.19. The molecule has 2 aromatic rings. The molecule has 0 radical (unpaired) electrons. The van der Waals surface area contributed by atoms with E-state index in [4.69, 9.17) is 21.1 Å². The first-order valence-corrected chi connectivity index (χ1v) is 8.54. The van der Waals surface area contributed by atoms with Crippen molar-refractivity contribution in [1.82, 2.24) is 0 Å². The second-order valence-electron chi connectivity index (χ2n) is 6.68. The number of carbonyl (C=O) groups is 1. The molecule has 26 heavy (non-hydrogen) atoms. The molecule has 0 heterocycles. The van der Waals surface area contributed by atoms with Gasteiger partial charge in [0.15, 0.2) is 5.60 Å². The third kappa shape index (κ3) is 4.73. The maximum absolute atomic E-state index is 14.6. The van der Waals surface area contributed by atoms with Gasteiger partial charge >= 0.3 is 5.97 Å². The van der Waals surface area contributed by atoms with E-state index >= 15 is 0 Å². The Morgan fingerprint density at radius 3 is 2.19 bits per heavy atom. The van der Waals surface area contributed by atoms with Gasteiger partial charge in [0, 0.05) is 16.1 Å². The first kappa shape index (κ1) is 20.2. The molecule has 0 aromatic heterocycles. The maximum Gasteiger partial charge on any atom is 0.350 e. The monoisotopic (exact) mass is 382 g/mol. The molecule has 2 rings (SSSR count). The first-order valence-electron chi connectivity index (χ1n) is 8.17. The van der Waals surface area contributed by atoms with Gasteiger partial charge in [0.2, 0.25) is 0 Å². The quantitative estimate of drug-likeness (QED) is 0.611. The van der Waals surface area contributed by atoms with Gasteiger partial charge < -0.3 is 9.47 Å². The topological polar surface area (TPSA) is 35.5 Å². The van der Waals surface area contributed by atoms with Crippen molar-refractivity contribution in [1.29, 1.82) is 0 Å². The number of rotatable bonds is 6. The zero-order valence-corrected chi connectivity index (χ0v) is 15.8. The summed E-state index contributed by atoms with van der Waals surface area (Å²) in [5.41, 5.74) is -1.63. The van der Waals surface area contributed by atoms with Crippen molar-refractivity contribution < 1.29 is 23.0 Å². The van der Waals surface area contributed by atoms with Gasteiger partial charge in [0.1, 0.15) is 5.75 Å². The van der Waals surface area contributed by atoms with Crippen molar-refractivity contribution in [2.45, 2.75) is 45.3 Å². The van der Waals surface area contributed by atoms with Crippen LogP contribution in [0.15, 0.2) is 48.5 Å². The van der Waals surface area contributed by atoms with E-state index in [1.165, 1.54) is 48.5 Å². The highest BCUT2D eigenvalue weighted by molar-refractivity contribution is 6.30. The minimum absolute atomic E-state index is 0.195. The van der Waals surface area contributed by atoms with Crippen LogP contribution in [-0.4, -0.2) is 17.7 Å². The van der Waals surface area contributed by atoms with Crippen molar-refractivity contribution >= 4 is 17.6 Å². The smallest absolute Gasteiger partial charge is 0.350 e. The van der Waals surface area contributed by atoms with Crippen LogP contribution in [0.2, 0.25) is 5.02 Å². The summed E-state index contributed by atoms with van der Waals surface area (Å²) in [5.74, 6) is -3.43.